The van der Waals surface area contributed by atoms with Gasteiger partial charge in [0.25, 0.3) is 0 Å². The predicted molar refractivity (Wildman–Crippen MR) is 177 cm³/mol. The Labute approximate surface area is 269 Å². The average molecular weight is 625 g/mol. The first-order valence-corrected chi connectivity index (χ1v) is 16.1. The van der Waals surface area contributed by atoms with Gasteiger partial charge >= 0.3 is 17.9 Å². The minimum absolute atomic E-state index is 0.0573. The van der Waals surface area contributed by atoms with E-state index in [1.807, 2.05) is 6.92 Å². The largest absolute Gasteiger partial charge is 0.494 e. The number of unbranched alkanes of at least 4 members (excludes halogenated alkanes) is 5. The number of benzene rings is 2. The van der Waals surface area contributed by atoms with Crippen LogP contribution in [0.3, 0.4) is 0 Å². The molecule has 0 spiro atoms. The average Bonchev–Trinajstić information content (AvgIpc) is 3.03. The van der Waals surface area contributed by atoms with Gasteiger partial charge in [-0.3, -0.25) is 4.79 Å². The van der Waals surface area contributed by atoms with Crippen LogP contribution >= 0.6 is 0 Å². The zero-order valence-electron chi connectivity index (χ0n) is 28.2. The Kier molecular flexibility index (Phi) is 16.2. The Morgan fingerprint density at radius 2 is 1.47 bits per heavy atom. The van der Waals surface area contributed by atoms with Crippen LogP contribution in [0.25, 0.3) is 6.08 Å². The van der Waals surface area contributed by atoms with E-state index in [-0.39, 0.29) is 17.6 Å². The van der Waals surface area contributed by atoms with Gasteiger partial charge in [0.15, 0.2) is 11.5 Å². The van der Waals surface area contributed by atoms with Crippen LogP contribution in [0.15, 0.2) is 48.5 Å². The molecule has 0 aromatic heterocycles. The number of ether oxygens (including phenoxy) is 5. The van der Waals surface area contributed by atoms with Crippen LogP contribution in [0.4, 0.5) is 0 Å². The van der Waals surface area contributed by atoms with E-state index in [2.05, 4.69) is 32.4 Å². The van der Waals surface area contributed by atoms with Crippen molar-refractivity contribution in [1.29, 1.82) is 0 Å². The normalized spacial score (nSPS) is 12.6. The van der Waals surface area contributed by atoms with E-state index >= 15 is 0 Å². The van der Waals surface area contributed by atoms with Gasteiger partial charge in [0, 0.05) is 6.08 Å². The Morgan fingerprint density at radius 1 is 0.822 bits per heavy atom. The van der Waals surface area contributed by atoms with E-state index in [1.165, 1.54) is 20.3 Å². The van der Waals surface area contributed by atoms with E-state index < -0.39 is 17.4 Å². The minimum Gasteiger partial charge on any atom is -0.494 e. The summed E-state index contributed by atoms with van der Waals surface area (Å²) in [5, 5.41) is 0. The zero-order valence-corrected chi connectivity index (χ0v) is 28.2. The molecule has 8 heteroatoms. The highest BCUT2D eigenvalue weighted by molar-refractivity contribution is 5.91. The van der Waals surface area contributed by atoms with E-state index in [4.69, 9.17) is 18.9 Å². The molecular formula is C37H52O8. The summed E-state index contributed by atoms with van der Waals surface area (Å²) in [6, 6.07) is 11.8. The molecule has 2 aromatic carbocycles. The molecule has 1 atom stereocenters. The SMILES string of the molecule is COC(=O)/C=C/c1ccc(OC(=O)c2ccc(OCCCCCCCCOC(=O)C(C)(CCC(C)C)C(C)C)cc2)c(OC)c1. The molecule has 0 aliphatic heterocycles. The molecular weight excluding hydrogens is 572 g/mol. The molecule has 0 saturated carbocycles. The quantitative estimate of drug-likeness (QED) is 0.0626. The van der Waals surface area contributed by atoms with Crippen molar-refractivity contribution in [2.45, 2.75) is 86.0 Å². The van der Waals surface area contributed by atoms with Gasteiger partial charge < -0.3 is 23.7 Å². The highest BCUT2D eigenvalue weighted by Gasteiger charge is 2.37. The van der Waals surface area contributed by atoms with E-state index in [0.29, 0.717) is 41.8 Å². The fraction of sp³-hybridized carbons (Fsp3) is 0.541. The second kappa shape index (κ2) is 19.6. The van der Waals surface area contributed by atoms with Gasteiger partial charge in [-0.05, 0) is 92.5 Å². The zero-order chi connectivity index (χ0) is 33.2. The standard InChI is InChI=1S/C37H52O8/c1-27(2)22-23-37(5,28(3)4)36(40)44-25-13-11-9-8-10-12-24-43-31-18-16-30(17-19-31)35(39)45-32-20-14-29(26-33(32)41-6)15-21-34(38)42-7/h14-21,26-28H,8-13,22-25H2,1-7H3/b21-15+. The van der Waals surface area contributed by atoms with Crippen LogP contribution in [-0.2, 0) is 19.1 Å². The summed E-state index contributed by atoms with van der Waals surface area (Å²) in [6.07, 6.45) is 10.9. The highest BCUT2D eigenvalue weighted by Crippen LogP contribution is 2.35. The van der Waals surface area contributed by atoms with Gasteiger partial charge in [0.2, 0.25) is 0 Å². The molecule has 248 valence electrons. The lowest BCUT2D eigenvalue weighted by Gasteiger charge is -2.32. The first kappa shape index (κ1) is 37.4. The van der Waals surface area contributed by atoms with Crippen molar-refractivity contribution in [1.82, 2.24) is 0 Å². The summed E-state index contributed by atoms with van der Waals surface area (Å²) in [7, 11) is 2.78. The fourth-order valence-electron chi connectivity index (χ4n) is 4.60. The van der Waals surface area contributed by atoms with Crippen molar-refractivity contribution < 1.29 is 38.1 Å². The van der Waals surface area contributed by atoms with E-state index in [1.54, 1.807) is 48.5 Å². The van der Waals surface area contributed by atoms with Crippen molar-refractivity contribution in [3.63, 3.8) is 0 Å². The molecule has 2 rings (SSSR count). The summed E-state index contributed by atoms with van der Waals surface area (Å²) < 4.78 is 27.0. The predicted octanol–water partition coefficient (Wildman–Crippen LogP) is 8.46. The fourth-order valence-corrected chi connectivity index (χ4v) is 4.60. The molecule has 0 saturated heterocycles. The molecule has 0 aliphatic rings. The number of hydrogen-bond acceptors (Lipinski definition) is 8. The van der Waals surface area contributed by atoms with Crippen molar-refractivity contribution in [2.24, 2.45) is 17.3 Å². The molecule has 8 nitrogen and oxygen atoms in total. The Morgan fingerprint density at radius 3 is 2.07 bits per heavy atom. The van der Waals surface area contributed by atoms with Crippen LogP contribution in [-0.4, -0.2) is 45.3 Å². The number of hydrogen-bond donors (Lipinski definition) is 0. The molecule has 2 aromatic rings. The number of rotatable bonds is 20. The maximum absolute atomic E-state index is 12.8. The summed E-state index contributed by atoms with van der Waals surface area (Å²) in [5.41, 5.74) is 0.662. The van der Waals surface area contributed by atoms with Crippen molar-refractivity contribution in [3.8, 4) is 17.2 Å². The van der Waals surface area contributed by atoms with Gasteiger partial charge in [-0.2, -0.15) is 0 Å². The molecule has 45 heavy (non-hydrogen) atoms. The minimum atomic E-state index is -0.521. The van der Waals surface area contributed by atoms with Crippen molar-refractivity contribution in [3.05, 3.63) is 59.7 Å². The van der Waals surface area contributed by atoms with Gasteiger partial charge in [0.05, 0.1) is 38.4 Å². The summed E-state index contributed by atoms with van der Waals surface area (Å²) in [4.78, 5) is 36.8. The lowest BCUT2D eigenvalue weighted by molar-refractivity contribution is -0.158. The number of methoxy groups -OCH3 is 2. The topological polar surface area (TPSA) is 97.4 Å². The summed E-state index contributed by atoms with van der Waals surface area (Å²) in [5.74, 6) is 1.10. The van der Waals surface area contributed by atoms with Crippen molar-refractivity contribution >= 4 is 24.0 Å². The van der Waals surface area contributed by atoms with Gasteiger partial charge in [-0.25, -0.2) is 9.59 Å². The molecule has 0 aliphatic carbocycles. The second-order valence-electron chi connectivity index (χ2n) is 12.3. The van der Waals surface area contributed by atoms with Crippen LogP contribution in [0.5, 0.6) is 17.2 Å². The first-order valence-electron chi connectivity index (χ1n) is 16.1. The van der Waals surface area contributed by atoms with Crippen LogP contribution in [0, 0.1) is 17.3 Å². The third-order valence-electron chi connectivity index (χ3n) is 8.12. The monoisotopic (exact) mass is 624 g/mol. The summed E-state index contributed by atoms with van der Waals surface area (Å²) >= 11 is 0. The molecule has 0 amide bonds. The molecule has 0 fully saturated rings. The number of carbonyl (C=O) groups is 3. The third-order valence-corrected chi connectivity index (χ3v) is 8.12. The smallest absolute Gasteiger partial charge is 0.343 e. The highest BCUT2D eigenvalue weighted by atomic mass is 16.6. The molecule has 0 bridgehead atoms. The molecule has 1 unspecified atom stereocenters. The maximum atomic E-state index is 12.8. The molecule has 0 radical (unpaired) electrons. The number of esters is 3. The van der Waals surface area contributed by atoms with E-state index in [0.717, 1.165) is 51.4 Å². The van der Waals surface area contributed by atoms with Gasteiger partial charge in [-0.1, -0.05) is 59.4 Å². The van der Waals surface area contributed by atoms with E-state index in [9.17, 15) is 14.4 Å². The second-order valence-corrected chi connectivity index (χ2v) is 12.3. The number of carbonyl (C=O) groups excluding carboxylic acids is 3. The molecule has 0 N–H and O–H groups in total. The van der Waals surface area contributed by atoms with Crippen LogP contribution < -0.4 is 14.2 Å². The lowest BCUT2D eigenvalue weighted by Crippen LogP contribution is -2.35. The molecule has 0 heterocycles. The van der Waals surface area contributed by atoms with Gasteiger partial charge in [-0.15, -0.1) is 0 Å². The Balaban J connectivity index is 1.65. The third kappa shape index (κ3) is 13.0. The Bertz CT molecular complexity index is 1230. The lowest BCUT2D eigenvalue weighted by atomic mass is 9.74. The Hall–Kier alpha value is -3.81. The van der Waals surface area contributed by atoms with Crippen LogP contribution in [0.1, 0.15) is 102 Å². The van der Waals surface area contributed by atoms with Gasteiger partial charge in [0.1, 0.15) is 5.75 Å². The first-order chi connectivity index (χ1) is 21.5. The summed E-state index contributed by atoms with van der Waals surface area (Å²) in [6.45, 7) is 11.7. The maximum Gasteiger partial charge on any atom is 0.343 e. The van der Waals surface area contributed by atoms with Crippen LogP contribution in [0.2, 0.25) is 0 Å². The van der Waals surface area contributed by atoms with Crippen molar-refractivity contribution in [2.75, 3.05) is 27.4 Å².